The van der Waals surface area contributed by atoms with Gasteiger partial charge < -0.3 is 9.88 Å². The molecule has 2 saturated carbocycles. The molecule has 7 nitrogen and oxygen atoms in total. The number of hydrogen-bond donors (Lipinski definition) is 1. The van der Waals surface area contributed by atoms with E-state index < -0.39 is 0 Å². The predicted molar refractivity (Wildman–Crippen MR) is 112 cm³/mol. The van der Waals surface area contributed by atoms with Crippen molar-refractivity contribution in [1.29, 1.82) is 0 Å². The molecule has 3 atom stereocenters. The van der Waals surface area contributed by atoms with Crippen LogP contribution in [0, 0.1) is 31.6 Å². The Bertz CT molecular complexity index is 980. The standard InChI is InChI=1S/C23H31N5O2/c1-13-21(15(3)29)14(2)24-22(13)23(30)27-6-4-5-17(11-27)20-12-28(26-25-20)10-16-7-18-9-19(18)8-16/h12,16-19,24H,4-11H2,1-3H3. The number of nitrogens with one attached hydrogen (secondary N) is 1. The summed E-state index contributed by atoms with van der Waals surface area (Å²) in [5.41, 5.74) is 3.71. The zero-order valence-corrected chi connectivity index (χ0v) is 18.1. The van der Waals surface area contributed by atoms with Crippen LogP contribution in [0.15, 0.2) is 6.20 Å². The van der Waals surface area contributed by atoms with E-state index in [4.69, 9.17) is 0 Å². The molecule has 2 aromatic rings. The fraction of sp³-hybridized carbons (Fsp3) is 0.652. The number of carbonyl (C=O) groups is 2. The van der Waals surface area contributed by atoms with Gasteiger partial charge >= 0.3 is 0 Å². The highest BCUT2D eigenvalue weighted by atomic mass is 16.2. The number of ketones is 1. The monoisotopic (exact) mass is 409 g/mol. The Balaban J connectivity index is 1.26. The Hall–Kier alpha value is -2.44. The van der Waals surface area contributed by atoms with Crippen LogP contribution in [0.25, 0.3) is 0 Å². The molecule has 2 aromatic heterocycles. The first-order valence-electron chi connectivity index (χ1n) is 11.3. The van der Waals surface area contributed by atoms with E-state index in [1.807, 2.05) is 23.4 Å². The first-order valence-corrected chi connectivity index (χ1v) is 11.3. The molecule has 0 aromatic carbocycles. The van der Waals surface area contributed by atoms with E-state index in [1.165, 1.54) is 19.3 Å². The molecule has 0 bridgehead atoms. The quantitative estimate of drug-likeness (QED) is 0.766. The number of rotatable bonds is 5. The summed E-state index contributed by atoms with van der Waals surface area (Å²) >= 11 is 0. The number of aromatic amines is 1. The maximum Gasteiger partial charge on any atom is 0.270 e. The van der Waals surface area contributed by atoms with Crippen LogP contribution in [0.1, 0.15) is 82.7 Å². The van der Waals surface area contributed by atoms with Gasteiger partial charge in [-0.05, 0) is 76.2 Å². The van der Waals surface area contributed by atoms with Gasteiger partial charge in [-0.15, -0.1) is 5.10 Å². The van der Waals surface area contributed by atoms with Gasteiger partial charge in [-0.25, -0.2) is 0 Å². The van der Waals surface area contributed by atoms with Gasteiger partial charge in [0, 0.05) is 43.0 Å². The van der Waals surface area contributed by atoms with E-state index in [-0.39, 0.29) is 17.6 Å². The molecule has 0 radical (unpaired) electrons. The molecule has 0 spiro atoms. The minimum Gasteiger partial charge on any atom is -0.354 e. The SMILES string of the molecule is CC(=O)c1c(C)[nH]c(C(=O)N2CCCC(c3cn(CC4CC5CC5C4)nn3)C2)c1C. The summed E-state index contributed by atoms with van der Waals surface area (Å²) in [6, 6.07) is 0. The molecule has 5 rings (SSSR count). The van der Waals surface area contributed by atoms with Crippen LogP contribution in [0.4, 0.5) is 0 Å². The molecule has 7 heteroatoms. The smallest absolute Gasteiger partial charge is 0.270 e. The molecule has 1 amide bonds. The van der Waals surface area contributed by atoms with Crippen molar-refractivity contribution in [1.82, 2.24) is 24.9 Å². The van der Waals surface area contributed by atoms with Crippen molar-refractivity contribution < 1.29 is 9.59 Å². The van der Waals surface area contributed by atoms with Crippen LogP contribution >= 0.6 is 0 Å². The van der Waals surface area contributed by atoms with Gasteiger partial charge in [0.2, 0.25) is 0 Å². The number of likely N-dealkylation sites (tertiary alicyclic amines) is 1. The lowest BCUT2D eigenvalue weighted by atomic mass is 9.94. The molecule has 2 aliphatic carbocycles. The van der Waals surface area contributed by atoms with Crippen LogP contribution in [0.3, 0.4) is 0 Å². The highest BCUT2D eigenvalue weighted by Crippen LogP contribution is 2.54. The van der Waals surface area contributed by atoms with Crippen LogP contribution < -0.4 is 0 Å². The summed E-state index contributed by atoms with van der Waals surface area (Å²) in [5.74, 6) is 2.91. The normalized spacial score (nSPS) is 27.9. The fourth-order valence-electron chi connectivity index (χ4n) is 5.90. The zero-order chi connectivity index (χ0) is 21.0. The number of fused-ring (bicyclic) bond motifs is 1. The summed E-state index contributed by atoms with van der Waals surface area (Å²) < 4.78 is 2.02. The van der Waals surface area contributed by atoms with Gasteiger partial charge in [-0.2, -0.15) is 0 Å². The Morgan fingerprint density at radius 3 is 2.67 bits per heavy atom. The van der Waals surface area contributed by atoms with E-state index in [2.05, 4.69) is 21.5 Å². The number of aromatic nitrogens is 4. The molecule has 3 unspecified atom stereocenters. The van der Waals surface area contributed by atoms with Crippen molar-refractivity contribution in [3.63, 3.8) is 0 Å². The third-order valence-electron chi connectivity index (χ3n) is 7.47. The van der Waals surface area contributed by atoms with Crippen molar-refractivity contribution >= 4 is 11.7 Å². The van der Waals surface area contributed by atoms with E-state index in [9.17, 15) is 9.59 Å². The number of nitrogens with zero attached hydrogens (tertiary/aromatic N) is 4. The summed E-state index contributed by atoms with van der Waals surface area (Å²) in [4.78, 5) is 30.2. The molecule has 160 valence electrons. The largest absolute Gasteiger partial charge is 0.354 e. The zero-order valence-electron chi connectivity index (χ0n) is 18.1. The number of Topliss-reactive ketones (excluding diaryl/α,β-unsaturated/α-hetero) is 1. The van der Waals surface area contributed by atoms with Gasteiger partial charge in [0.1, 0.15) is 5.69 Å². The Labute approximate surface area is 177 Å². The molecular formula is C23H31N5O2. The first-order chi connectivity index (χ1) is 14.4. The maximum atomic E-state index is 13.2. The third-order valence-corrected chi connectivity index (χ3v) is 7.47. The average molecular weight is 410 g/mol. The van der Waals surface area contributed by atoms with Crippen LogP contribution in [0.5, 0.6) is 0 Å². The van der Waals surface area contributed by atoms with Gasteiger partial charge in [-0.1, -0.05) is 5.21 Å². The predicted octanol–water partition coefficient (Wildman–Crippen LogP) is 3.49. The highest BCUT2D eigenvalue weighted by molar-refractivity contribution is 6.02. The Morgan fingerprint density at radius 1 is 1.20 bits per heavy atom. The summed E-state index contributed by atoms with van der Waals surface area (Å²) in [5, 5.41) is 8.85. The molecule has 1 aliphatic heterocycles. The number of carbonyl (C=O) groups excluding carboxylic acids is 2. The lowest BCUT2D eigenvalue weighted by Crippen LogP contribution is -2.39. The molecule has 3 heterocycles. The molecule has 1 N–H and O–H groups in total. The number of piperidine rings is 1. The lowest BCUT2D eigenvalue weighted by Gasteiger charge is -2.31. The van der Waals surface area contributed by atoms with Crippen LogP contribution in [-0.4, -0.2) is 49.7 Å². The molecule has 3 fully saturated rings. The number of H-pyrrole nitrogens is 1. The fourth-order valence-corrected chi connectivity index (χ4v) is 5.90. The Morgan fingerprint density at radius 2 is 1.97 bits per heavy atom. The van der Waals surface area contributed by atoms with Crippen molar-refractivity contribution in [3.8, 4) is 0 Å². The minimum absolute atomic E-state index is 0.00648. The number of aryl methyl sites for hydroxylation is 1. The first kappa shape index (κ1) is 19.5. The van der Waals surface area contributed by atoms with Crippen molar-refractivity contribution in [2.24, 2.45) is 17.8 Å². The average Bonchev–Trinajstić information content (AvgIpc) is 3.06. The maximum absolute atomic E-state index is 13.2. The summed E-state index contributed by atoms with van der Waals surface area (Å²) in [6.45, 7) is 7.62. The van der Waals surface area contributed by atoms with Gasteiger partial charge in [-0.3, -0.25) is 14.3 Å². The van der Waals surface area contributed by atoms with Crippen LogP contribution in [-0.2, 0) is 6.54 Å². The van der Waals surface area contributed by atoms with Crippen molar-refractivity contribution in [2.75, 3.05) is 13.1 Å². The second-order valence-corrected chi connectivity index (χ2v) is 9.73. The number of hydrogen-bond acceptors (Lipinski definition) is 4. The summed E-state index contributed by atoms with van der Waals surface area (Å²) in [6.07, 6.45) is 8.22. The second kappa shape index (κ2) is 7.36. The van der Waals surface area contributed by atoms with Crippen LogP contribution in [0.2, 0.25) is 0 Å². The third kappa shape index (κ3) is 3.48. The van der Waals surface area contributed by atoms with Crippen molar-refractivity contribution in [2.45, 2.75) is 65.3 Å². The van der Waals surface area contributed by atoms with E-state index in [0.717, 1.165) is 60.6 Å². The number of amides is 1. The Kier molecular flexibility index (Phi) is 4.79. The molecule has 30 heavy (non-hydrogen) atoms. The van der Waals surface area contributed by atoms with E-state index >= 15 is 0 Å². The van der Waals surface area contributed by atoms with Gasteiger partial charge in [0.25, 0.3) is 5.91 Å². The lowest BCUT2D eigenvalue weighted by molar-refractivity contribution is 0.0699. The summed E-state index contributed by atoms with van der Waals surface area (Å²) in [7, 11) is 0. The van der Waals surface area contributed by atoms with E-state index in [1.54, 1.807) is 6.92 Å². The molecular weight excluding hydrogens is 378 g/mol. The topological polar surface area (TPSA) is 83.9 Å². The second-order valence-electron chi connectivity index (χ2n) is 9.73. The molecule has 1 saturated heterocycles. The van der Waals surface area contributed by atoms with E-state index in [0.29, 0.717) is 17.8 Å². The molecule has 3 aliphatic rings. The van der Waals surface area contributed by atoms with Gasteiger partial charge in [0.15, 0.2) is 5.78 Å². The highest BCUT2D eigenvalue weighted by Gasteiger charge is 2.45. The van der Waals surface area contributed by atoms with Gasteiger partial charge in [0.05, 0.1) is 5.69 Å². The van der Waals surface area contributed by atoms with Crippen molar-refractivity contribution in [3.05, 3.63) is 34.4 Å². The minimum atomic E-state index is -0.0228.